The molecule has 7 nitrogen and oxygen atoms in total. The molecule has 3 rings (SSSR count). The number of amides is 2. The van der Waals surface area contributed by atoms with Gasteiger partial charge in [-0.15, -0.1) is 0 Å². The van der Waals surface area contributed by atoms with E-state index in [1.165, 1.54) is 4.90 Å². The molecular weight excluding hydrogens is 480 g/mol. The number of halogens is 1. The van der Waals surface area contributed by atoms with Gasteiger partial charge in [0.05, 0.1) is 14.2 Å². The first-order valence-electron chi connectivity index (χ1n) is 11.6. The molecule has 36 heavy (non-hydrogen) atoms. The number of carbonyl (C=O) groups excluding carboxylic acids is 2. The van der Waals surface area contributed by atoms with Crippen molar-refractivity contribution in [3.63, 3.8) is 0 Å². The molecule has 0 aliphatic rings. The Balaban J connectivity index is 1.64. The van der Waals surface area contributed by atoms with Gasteiger partial charge in [-0.1, -0.05) is 48.0 Å². The lowest BCUT2D eigenvalue weighted by molar-refractivity contribution is -0.142. The van der Waals surface area contributed by atoms with Crippen LogP contribution in [-0.2, 0) is 22.6 Å². The highest BCUT2D eigenvalue weighted by molar-refractivity contribution is 6.30. The number of carbonyl (C=O) groups is 2. The van der Waals surface area contributed by atoms with Crippen molar-refractivity contribution in [3.8, 4) is 17.2 Å². The van der Waals surface area contributed by atoms with E-state index in [2.05, 4.69) is 5.32 Å². The zero-order valence-electron chi connectivity index (χ0n) is 20.7. The number of methoxy groups -OCH3 is 2. The average Bonchev–Trinajstić information content (AvgIpc) is 2.91. The Morgan fingerprint density at radius 3 is 2.25 bits per heavy atom. The quantitative estimate of drug-likeness (QED) is 0.388. The molecule has 0 spiro atoms. The standard InChI is InChI=1S/C28H31ClN2O5/c1-20(28(33)30-16-15-21-11-14-25(34-2)26(17-21)35-3)31(18-22-9-12-23(29)13-10-22)27(32)19-36-24-7-5-4-6-8-24/h4-14,17,20H,15-16,18-19H2,1-3H3,(H,30,33). The van der Waals surface area contributed by atoms with Crippen molar-refractivity contribution in [2.45, 2.75) is 25.9 Å². The average molecular weight is 511 g/mol. The minimum absolute atomic E-state index is 0.180. The van der Waals surface area contributed by atoms with Crippen LogP contribution >= 0.6 is 11.6 Å². The van der Waals surface area contributed by atoms with E-state index in [4.69, 9.17) is 25.8 Å². The number of rotatable bonds is 12. The fourth-order valence-corrected chi connectivity index (χ4v) is 3.75. The Labute approximate surface area is 216 Å². The zero-order chi connectivity index (χ0) is 25.9. The molecule has 190 valence electrons. The van der Waals surface area contributed by atoms with Crippen molar-refractivity contribution >= 4 is 23.4 Å². The number of para-hydroxylation sites is 1. The van der Waals surface area contributed by atoms with Gasteiger partial charge < -0.3 is 24.4 Å². The third-order valence-corrected chi connectivity index (χ3v) is 5.95. The topological polar surface area (TPSA) is 77.1 Å². The van der Waals surface area contributed by atoms with Crippen molar-refractivity contribution in [2.75, 3.05) is 27.4 Å². The number of nitrogens with one attached hydrogen (secondary N) is 1. The largest absolute Gasteiger partial charge is 0.493 e. The second-order valence-electron chi connectivity index (χ2n) is 8.16. The lowest BCUT2D eigenvalue weighted by Crippen LogP contribution is -2.49. The summed E-state index contributed by atoms with van der Waals surface area (Å²) in [7, 11) is 3.17. The summed E-state index contributed by atoms with van der Waals surface area (Å²) in [5, 5.41) is 3.54. The van der Waals surface area contributed by atoms with Gasteiger partial charge in [-0.25, -0.2) is 0 Å². The monoisotopic (exact) mass is 510 g/mol. The summed E-state index contributed by atoms with van der Waals surface area (Å²) in [5.41, 5.74) is 1.85. The zero-order valence-corrected chi connectivity index (χ0v) is 21.5. The third kappa shape index (κ3) is 7.65. The van der Waals surface area contributed by atoms with E-state index >= 15 is 0 Å². The van der Waals surface area contributed by atoms with Crippen molar-refractivity contribution in [1.29, 1.82) is 0 Å². The van der Waals surface area contributed by atoms with Crippen LogP contribution in [0.3, 0.4) is 0 Å². The minimum atomic E-state index is -0.710. The van der Waals surface area contributed by atoms with Crippen LogP contribution in [0.25, 0.3) is 0 Å². The SMILES string of the molecule is COc1ccc(CCNC(=O)C(C)N(Cc2ccc(Cl)cc2)C(=O)COc2ccccc2)cc1OC. The summed E-state index contributed by atoms with van der Waals surface area (Å²) in [6.07, 6.45) is 0.598. The van der Waals surface area contributed by atoms with Crippen molar-refractivity contribution in [3.05, 3.63) is 88.9 Å². The van der Waals surface area contributed by atoms with Crippen LogP contribution in [0, 0.1) is 0 Å². The van der Waals surface area contributed by atoms with Crippen LogP contribution in [-0.4, -0.2) is 50.1 Å². The van der Waals surface area contributed by atoms with Gasteiger partial charge in [0.25, 0.3) is 5.91 Å². The van der Waals surface area contributed by atoms with Crippen molar-refractivity contribution in [1.82, 2.24) is 10.2 Å². The molecule has 1 atom stereocenters. The fraction of sp³-hybridized carbons (Fsp3) is 0.286. The first-order chi connectivity index (χ1) is 17.4. The minimum Gasteiger partial charge on any atom is -0.493 e. The van der Waals surface area contributed by atoms with Crippen LogP contribution in [0.1, 0.15) is 18.1 Å². The molecule has 3 aromatic rings. The number of hydrogen-bond donors (Lipinski definition) is 1. The van der Waals surface area contributed by atoms with E-state index in [1.54, 1.807) is 45.4 Å². The smallest absolute Gasteiger partial charge is 0.261 e. The van der Waals surface area contributed by atoms with Crippen LogP contribution in [0.2, 0.25) is 5.02 Å². The second-order valence-corrected chi connectivity index (χ2v) is 8.59. The number of benzene rings is 3. The lowest BCUT2D eigenvalue weighted by Gasteiger charge is -2.28. The molecule has 3 aromatic carbocycles. The summed E-state index contributed by atoms with van der Waals surface area (Å²) in [4.78, 5) is 27.7. The number of ether oxygens (including phenoxy) is 3. The number of nitrogens with zero attached hydrogens (tertiary/aromatic N) is 1. The summed E-state index contributed by atoms with van der Waals surface area (Å²) in [5.74, 6) is 1.32. The van der Waals surface area contributed by atoms with E-state index in [0.29, 0.717) is 35.2 Å². The molecule has 0 bridgehead atoms. The van der Waals surface area contributed by atoms with Crippen LogP contribution < -0.4 is 19.5 Å². The lowest BCUT2D eigenvalue weighted by atomic mass is 10.1. The maximum atomic E-state index is 13.1. The molecule has 8 heteroatoms. The molecule has 0 radical (unpaired) electrons. The third-order valence-electron chi connectivity index (χ3n) is 5.70. The summed E-state index contributed by atoms with van der Waals surface area (Å²) in [6, 6.07) is 21.2. The molecule has 0 fully saturated rings. The Hall–Kier alpha value is -3.71. The van der Waals surface area contributed by atoms with Crippen LogP contribution in [0.4, 0.5) is 0 Å². The molecule has 0 saturated heterocycles. The van der Waals surface area contributed by atoms with Crippen molar-refractivity contribution in [2.24, 2.45) is 0 Å². The van der Waals surface area contributed by atoms with Crippen LogP contribution in [0.15, 0.2) is 72.8 Å². The van der Waals surface area contributed by atoms with E-state index in [1.807, 2.05) is 48.5 Å². The van der Waals surface area contributed by atoms with Gasteiger partial charge in [0.1, 0.15) is 11.8 Å². The van der Waals surface area contributed by atoms with Gasteiger partial charge >= 0.3 is 0 Å². The molecule has 0 saturated carbocycles. The molecular formula is C28H31ClN2O5. The maximum absolute atomic E-state index is 13.1. The Kier molecular flexibility index (Phi) is 10.0. The second kappa shape index (κ2) is 13.4. The molecule has 1 N–H and O–H groups in total. The Bertz CT molecular complexity index is 1140. The van der Waals surface area contributed by atoms with E-state index < -0.39 is 6.04 Å². The molecule has 0 aliphatic heterocycles. The van der Waals surface area contributed by atoms with Gasteiger partial charge in [-0.2, -0.15) is 0 Å². The Morgan fingerprint density at radius 1 is 0.917 bits per heavy atom. The van der Waals surface area contributed by atoms with Gasteiger partial charge in [-0.3, -0.25) is 9.59 Å². The molecule has 2 amide bonds. The van der Waals surface area contributed by atoms with Gasteiger partial charge in [0, 0.05) is 18.1 Å². The Morgan fingerprint density at radius 2 is 1.58 bits per heavy atom. The van der Waals surface area contributed by atoms with Gasteiger partial charge in [0.15, 0.2) is 18.1 Å². The van der Waals surface area contributed by atoms with E-state index in [-0.39, 0.29) is 25.0 Å². The van der Waals surface area contributed by atoms with Crippen molar-refractivity contribution < 1.29 is 23.8 Å². The molecule has 0 aromatic heterocycles. The maximum Gasteiger partial charge on any atom is 0.261 e. The highest BCUT2D eigenvalue weighted by Crippen LogP contribution is 2.27. The molecule has 1 unspecified atom stereocenters. The summed E-state index contributed by atoms with van der Waals surface area (Å²) < 4.78 is 16.3. The van der Waals surface area contributed by atoms with E-state index in [9.17, 15) is 9.59 Å². The molecule has 0 aliphatic carbocycles. The predicted octanol–water partition coefficient (Wildman–Crippen LogP) is 4.51. The normalized spacial score (nSPS) is 11.3. The summed E-state index contributed by atoms with van der Waals surface area (Å²) in [6.45, 7) is 2.18. The first kappa shape index (κ1) is 26.9. The summed E-state index contributed by atoms with van der Waals surface area (Å²) >= 11 is 6.01. The number of hydrogen-bond acceptors (Lipinski definition) is 5. The van der Waals surface area contributed by atoms with E-state index in [0.717, 1.165) is 11.1 Å². The van der Waals surface area contributed by atoms with Gasteiger partial charge in [-0.05, 0) is 60.9 Å². The fourth-order valence-electron chi connectivity index (χ4n) is 3.63. The highest BCUT2D eigenvalue weighted by atomic mass is 35.5. The first-order valence-corrected chi connectivity index (χ1v) is 12.0. The van der Waals surface area contributed by atoms with Gasteiger partial charge in [0.2, 0.25) is 5.91 Å². The molecule has 0 heterocycles. The highest BCUT2D eigenvalue weighted by Gasteiger charge is 2.26. The predicted molar refractivity (Wildman–Crippen MR) is 140 cm³/mol. The van der Waals surface area contributed by atoms with Crippen LogP contribution in [0.5, 0.6) is 17.2 Å².